The van der Waals surface area contributed by atoms with E-state index >= 15 is 0 Å². The molecule has 35 heavy (non-hydrogen) atoms. The zero-order valence-electron chi connectivity index (χ0n) is 18.9. The van der Waals surface area contributed by atoms with Crippen LogP contribution in [0.4, 0.5) is 0 Å². The summed E-state index contributed by atoms with van der Waals surface area (Å²) in [6, 6.07) is 24.5. The molecule has 0 amide bonds. The van der Waals surface area contributed by atoms with Gasteiger partial charge in [-0.3, -0.25) is 14.3 Å². The fourth-order valence-electron chi connectivity index (χ4n) is 3.80. The smallest absolute Gasteiger partial charge is 0.266 e. The Bertz CT molecular complexity index is 1680. The highest BCUT2D eigenvalue weighted by Gasteiger charge is 2.13. The van der Waals surface area contributed by atoms with Gasteiger partial charge in [-0.15, -0.1) is 0 Å². The van der Waals surface area contributed by atoms with E-state index in [-0.39, 0.29) is 5.56 Å². The average Bonchev–Trinajstić information content (AvgIpc) is 2.88. The number of rotatable bonds is 3. The van der Waals surface area contributed by atoms with Crippen molar-refractivity contribution in [2.24, 2.45) is 0 Å². The van der Waals surface area contributed by atoms with Gasteiger partial charge in [0.1, 0.15) is 5.82 Å². The van der Waals surface area contributed by atoms with Crippen LogP contribution in [-0.2, 0) is 0 Å². The van der Waals surface area contributed by atoms with Gasteiger partial charge in [-0.1, -0.05) is 53.8 Å². The first-order valence-corrected chi connectivity index (χ1v) is 11.4. The summed E-state index contributed by atoms with van der Waals surface area (Å²) in [5.74, 6) is 6.84. The van der Waals surface area contributed by atoms with Crippen LogP contribution in [0.5, 0.6) is 0 Å². The molecule has 0 fully saturated rings. The quantitative estimate of drug-likeness (QED) is 0.288. The van der Waals surface area contributed by atoms with Gasteiger partial charge in [-0.25, -0.2) is 4.98 Å². The molecule has 5 rings (SSSR count). The number of hydrogen-bond acceptors (Lipinski definition) is 3. The third kappa shape index (κ3) is 4.91. The SMILES string of the molecule is Cc1cc(C#Cc2cccnc2)ccc1-n1c(C=Cc2ccc(Cl)cc2)nc2ccccc2c1=O. The van der Waals surface area contributed by atoms with Crippen molar-refractivity contribution in [2.45, 2.75) is 6.92 Å². The fourth-order valence-corrected chi connectivity index (χ4v) is 3.93. The molecular weight excluding hydrogens is 454 g/mol. The standard InChI is InChI=1S/C30H20ClN3O/c1-21-19-23(8-9-24-5-4-18-32-20-24)12-16-28(21)34-29(17-13-22-10-14-25(31)15-11-22)33-27-7-3-2-6-26(27)30(34)35/h2-7,10-20H,1H3. The van der Waals surface area contributed by atoms with Gasteiger partial charge in [0.25, 0.3) is 5.56 Å². The molecule has 0 radical (unpaired) electrons. The van der Waals surface area contributed by atoms with Crippen LogP contribution >= 0.6 is 11.6 Å². The Balaban J connectivity index is 1.61. The first-order chi connectivity index (χ1) is 17.1. The Labute approximate surface area is 208 Å². The lowest BCUT2D eigenvalue weighted by Crippen LogP contribution is -2.23. The lowest BCUT2D eigenvalue weighted by atomic mass is 10.1. The zero-order valence-corrected chi connectivity index (χ0v) is 19.7. The van der Waals surface area contributed by atoms with Crippen molar-refractivity contribution in [1.29, 1.82) is 0 Å². The Hall–Kier alpha value is -4.46. The van der Waals surface area contributed by atoms with Crippen LogP contribution in [0.3, 0.4) is 0 Å². The lowest BCUT2D eigenvalue weighted by Gasteiger charge is -2.14. The number of nitrogens with zero attached hydrogens (tertiary/aromatic N) is 3. The number of hydrogen-bond donors (Lipinski definition) is 0. The molecule has 0 aliphatic heterocycles. The van der Waals surface area contributed by atoms with Crippen LogP contribution in [0.2, 0.25) is 5.02 Å². The first-order valence-electron chi connectivity index (χ1n) is 11.1. The molecule has 0 saturated heterocycles. The summed E-state index contributed by atoms with van der Waals surface area (Å²) in [6.07, 6.45) is 7.23. The molecule has 0 atom stereocenters. The minimum atomic E-state index is -0.122. The second-order valence-electron chi connectivity index (χ2n) is 8.01. The van der Waals surface area contributed by atoms with Crippen LogP contribution in [0.25, 0.3) is 28.7 Å². The maximum absolute atomic E-state index is 13.6. The van der Waals surface area contributed by atoms with Crippen molar-refractivity contribution in [3.63, 3.8) is 0 Å². The van der Waals surface area contributed by atoms with Gasteiger partial charge in [0.05, 0.1) is 16.6 Å². The molecule has 5 aromatic rings. The van der Waals surface area contributed by atoms with Gasteiger partial charge in [0, 0.05) is 28.5 Å². The Morgan fingerprint density at radius 2 is 1.69 bits per heavy atom. The molecule has 0 unspecified atom stereocenters. The molecule has 2 aromatic heterocycles. The van der Waals surface area contributed by atoms with Crippen molar-refractivity contribution >= 4 is 34.7 Å². The van der Waals surface area contributed by atoms with Crippen LogP contribution in [0.15, 0.2) is 96.1 Å². The topological polar surface area (TPSA) is 47.8 Å². The summed E-state index contributed by atoms with van der Waals surface area (Å²) in [7, 11) is 0. The van der Waals surface area contributed by atoms with Crippen molar-refractivity contribution in [3.8, 4) is 17.5 Å². The summed E-state index contributed by atoms with van der Waals surface area (Å²) in [5, 5.41) is 1.24. The third-order valence-electron chi connectivity index (χ3n) is 5.55. The number of fused-ring (bicyclic) bond motifs is 1. The molecular formula is C30H20ClN3O. The number of benzene rings is 3. The average molecular weight is 474 g/mol. The van der Waals surface area contributed by atoms with Gasteiger partial charge in [-0.2, -0.15) is 0 Å². The molecule has 0 saturated carbocycles. The summed E-state index contributed by atoms with van der Waals surface area (Å²) in [6.45, 7) is 1.97. The molecule has 3 aromatic carbocycles. The van der Waals surface area contributed by atoms with E-state index in [4.69, 9.17) is 16.6 Å². The lowest BCUT2D eigenvalue weighted by molar-refractivity contribution is 0.934. The van der Waals surface area contributed by atoms with Crippen LogP contribution in [-0.4, -0.2) is 14.5 Å². The molecule has 0 spiro atoms. The normalized spacial score (nSPS) is 10.9. The number of aromatic nitrogens is 3. The maximum atomic E-state index is 13.6. The van der Waals surface area contributed by atoms with Gasteiger partial charge < -0.3 is 0 Å². The van der Waals surface area contributed by atoms with Gasteiger partial charge in [0.2, 0.25) is 0 Å². The fraction of sp³-hybridized carbons (Fsp3) is 0.0333. The predicted octanol–water partition coefficient (Wildman–Crippen LogP) is 6.31. The second kappa shape index (κ2) is 9.80. The van der Waals surface area contributed by atoms with E-state index in [1.54, 1.807) is 23.0 Å². The predicted molar refractivity (Wildman–Crippen MR) is 143 cm³/mol. The molecule has 0 aliphatic rings. The van der Waals surface area contributed by atoms with Crippen molar-refractivity contribution in [2.75, 3.05) is 0 Å². The van der Waals surface area contributed by atoms with E-state index in [2.05, 4.69) is 16.8 Å². The van der Waals surface area contributed by atoms with Gasteiger partial charge >= 0.3 is 0 Å². The minimum absolute atomic E-state index is 0.122. The van der Waals surface area contributed by atoms with Crippen molar-refractivity contribution in [3.05, 3.63) is 135 Å². The van der Waals surface area contributed by atoms with Gasteiger partial charge in [-0.05, 0) is 78.7 Å². The van der Waals surface area contributed by atoms with Gasteiger partial charge in [0.15, 0.2) is 0 Å². The molecule has 5 heteroatoms. The van der Waals surface area contributed by atoms with Crippen LogP contribution < -0.4 is 5.56 Å². The monoisotopic (exact) mass is 473 g/mol. The van der Waals surface area contributed by atoms with E-state index in [1.807, 2.05) is 91.9 Å². The highest BCUT2D eigenvalue weighted by molar-refractivity contribution is 6.30. The molecule has 0 N–H and O–H groups in total. The Kier molecular flexibility index (Phi) is 6.26. The highest BCUT2D eigenvalue weighted by atomic mass is 35.5. The highest BCUT2D eigenvalue weighted by Crippen LogP contribution is 2.20. The summed E-state index contributed by atoms with van der Waals surface area (Å²) >= 11 is 6.01. The van der Waals surface area contributed by atoms with E-state index in [0.29, 0.717) is 21.7 Å². The molecule has 2 heterocycles. The summed E-state index contributed by atoms with van der Waals surface area (Å²) in [4.78, 5) is 22.5. The van der Waals surface area contributed by atoms with Crippen LogP contribution in [0, 0.1) is 18.8 Å². The Morgan fingerprint density at radius 3 is 2.46 bits per heavy atom. The number of halogens is 1. The third-order valence-corrected chi connectivity index (χ3v) is 5.80. The summed E-state index contributed by atoms with van der Waals surface area (Å²) in [5.41, 5.74) is 4.87. The maximum Gasteiger partial charge on any atom is 0.266 e. The Morgan fingerprint density at radius 1 is 0.886 bits per heavy atom. The van der Waals surface area contributed by atoms with E-state index in [1.165, 1.54) is 0 Å². The van der Waals surface area contributed by atoms with Crippen molar-refractivity contribution in [1.82, 2.24) is 14.5 Å². The molecule has 0 aliphatic carbocycles. The largest absolute Gasteiger partial charge is 0.268 e. The van der Waals surface area contributed by atoms with Crippen LogP contribution in [0.1, 0.15) is 28.1 Å². The van der Waals surface area contributed by atoms with E-state index in [9.17, 15) is 4.79 Å². The molecule has 4 nitrogen and oxygen atoms in total. The zero-order chi connectivity index (χ0) is 24.2. The molecule has 0 bridgehead atoms. The second-order valence-corrected chi connectivity index (χ2v) is 8.44. The van der Waals surface area contributed by atoms with E-state index in [0.717, 1.165) is 27.9 Å². The number of pyridine rings is 1. The number of para-hydroxylation sites is 1. The van der Waals surface area contributed by atoms with E-state index < -0.39 is 0 Å². The first kappa shape index (κ1) is 22.3. The summed E-state index contributed by atoms with van der Waals surface area (Å²) < 4.78 is 1.66. The number of aryl methyl sites for hydroxylation is 1. The molecule has 168 valence electrons. The van der Waals surface area contributed by atoms with Crippen molar-refractivity contribution < 1.29 is 0 Å². The minimum Gasteiger partial charge on any atom is -0.268 e.